The van der Waals surface area contributed by atoms with Gasteiger partial charge in [-0.25, -0.2) is 0 Å². The van der Waals surface area contributed by atoms with Gasteiger partial charge in [-0.3, -0.25) is 0 Å². The van der Waals surface area contributed by atoms with Crippen LogP contribution in [0.15, 0.2) is 0 Å². The van der Waals surface area contributed by atoms with Crippen molar-refractivity contribution >= 4 is 0 Å². The van der Waals surface area contributed by atoms with Gasteiger partial charge < -0.3 is 14.2 Å². The van der Waals surface area contributed by atoms with E-state index in [2.05, 4.69) is 0 Å². The zero-order valence-electron chi connectivity index (χ0n) is 10.2. The van der Waals surface area contributed by atoms with Crippen molar-refractivity contribution in [3.8, 4) is 0 Å². The molecule has 2 fully saturated rings. The van der Waals surface area contributed by atoms with Crippen LogP contribution >= 0.6 is 0 Å². The van der Waals surface area contributed by atoms with Crippen LogP contribution in [0.1, 0.15) is 51.4 Å². The fraction of sp³-hybridized carbons (Fsp3) is 1.00. The molecule has 2 saturated heterocycles. The first-order valence-electron chi connectivity index (χ1n) is 6.80. The van der Waals surface area contributed by atoms with Gasteiger partial charge in [0.05, 0.1) is 25.9 Å². The lowest BCUT2D eigenvalue weighted by atomic mass is 10.1. The molecule has 0 N–H and O–H groups in total. The zero-order chi connectivity index (χ0) is 11.1. The van der Waals surface area contributed by atoms with Gasteiger partial charge in [-0.2, -0.15) is 0 Å². The Morgan fingerprint density at radius 3 is 1.88 bits per heavy atom. The minimum atomic E-state index is 0.104. The highest BCUT2D eigenvalue weighted by Gasteiger charge is 2.20. The second-order valence-corrected chi connectivity index (χ2v) is 4.83. The average molecular weight is 228 g/mol. The molecule has 94 valence electrons. The maximum Gasteiger partial charge on any atom is 0.157 e. The van der Waals surface area contributed by atoms with Crippen LogP contribution in [-0.2, 0) is 14.2 Å². The molecule has 0 aromatic carbocycles. The Morgan fingerprint density at radius 1 is 0.688 bits per heavy atom. The Hall–Kier alpha value is -0.120. The van der Waals surface area contributed by atoms with Gasteiger partial charge in [0.25, 0.3) is 0 Å². The van der Waals surface area contributed by atoms with Gasteiger partial charge in [-0.05, 0) is 19.3 Å². The third-order valence-corrected chi connectivity index (χ3v) is 3.31. The Kier molecular flexibility index (Phi) is 5.59. The van der Waals surface area contributed by atoms with E-state index in [1.54, 1.807) is 0 Å². The van der Waals surface area contributed by atoms with Gasteiger partial charge in [0.15, 0.2) is 6.29 Å². The first-order chi connectivity index (χ1) is 7.95. The highest BCUT2D eigenvalue weighted by Crippen LogP contribution is 2.18. The van der Waals surface area contributed by atoms with Crippen LogP contribution in [0.3, 0.4) is 0 Å². The first-order valence-corrected chi connectivity index (χ1v) is 6.80. The van der Waals surface area contributed by atoms with Crippen molar-refractivity contribution in [3.63, 3.8) is 0 Å². The summed E-state index contributed by atoms with van der Waals surface area (Å²) in [5.41, 5.74) is 0. The van der Waals surface area contributed by atoms with Gasteiger partial charge in [-0.15, -0.1) is 0 Å². The zero-order valence-corrected chi connectivity index (χ0v) is 10.2. The average Bonchev–Trinajstić information content (AvgIpc) is 2.97. The van der Waals surface area contributed by atoms with E-state index < -0.39 is 0 Å². The van der Waals surface area contributed by atoms with Crippen LogP contribution in [0.25, 0.3) is 0 Å². The smallest absolute Gasteiger partial charge is 0.157 e. The summed E-state index contributed by atoms with van der Waals surface area (Å²) in [4.78, 5) is 0. The number of hydrogen-bond acceptors (Lipinski definition) is 3. The van der Waals surface area contributed by atoms with Crippen LogP contribution in [-0.4, -0.2) is 32.2 Å². The predicted octanol–water partition coefficient (Wildman–Crippen LogP) is 2.88. The van der Waals surface area contributed by atoms with Crippen molar-refractivity contribution in [1.82, 2.24) is 0 Å². The van der Waals surface area contributed by atoms with E-state index in [1.165, 1.54) is 44.9 Å². The topological polar surface area (TPSA) is 31.0 Å². The molecule has 0 radical (unpaired) electrons. The normalized spacial score (nSPS) is 25.1. The van der Waals surface area contributed by atoms with Gasteiger partial charge in [0, 0.05) is 0 Å². The van der Waals surface area contributed by atoms with Crippen LogP contribution in [0, 0.1) is 0 Å². The first kappa shape index (κ1) is 12.3. The molecule has 0 aliphatic carbocycles. The van der Waals surface area contributed by atoms with Crippen molar-refractivity contribution in [2.24, 2.45) is 0 Å². The second-order valence-electron chi connectivity index (χ2n) is 4.83. The van der Waals surface area contributed by atoms with E-state index >= 15 is 0 Å². The molecule has 0 aromatic rings. The molecule has 0 aromatic heterocycles. The highest BCUT2D eigenvalue weighted by molar-refractivity contribution is 4.68. The van der Waals surface area contributed by atoms with E-state index in [9.17, 15) is 0 Å². The summed E-state index contributed by atoms with van der Waals surface area (Å²) in [7, 11) is 0. The van der Waals surface area contributed by atoms with Crippen LogP contribution in [0.2, 0.25) is 0 Å². The second kappa shape index (κ2) is 7.25. The monoisotopic (exact) mass is 228 g/mol. The fourth-order valence-electron chi connectivity index (χ4n) is 2.20. The summed E-state index contributed by atoms with van der Waals surface area (Å²) in [5.74, 6) is 0. The van der Waals surface area contributed by atoms with Gasteiger partial charge in [0.1, 0.15) is 0 Å². The van der Waals surface area contributed by atoms with Gasteiger partial charge >= 0.3 is 0 Å². The number of unbranched alkanes of at least 4 members (excludes halogenated alkanes) is 5. The van der Waals surface area contributed by atoms with E-state index in [0.29, 0.717) is 6.10 Å². The molecule has 3 nitrogen and oxygen atoms in total. The lowest BCUT2D eigenvalue weighted by Gasteiger charge is -2.07. The molecule has 2 aliphatic rings. The molecule has 1 unspecified atom stereocenters. The third-order valence-electron chi connectivity index (χ3n) is 3.31. The molecule has 1 atom stereocenters. The predicted molar refractivity (Wildman–Crippen MR) is 62.4 cm³/mol. The lowest BCUT2D eigenvalue weighted by Crippen LogP contribution is -2.06. The van der Waals surface area contributed by atoms with E-state index in [4.69, 9.17) is 14.2 Å². The summed E-state index contributed by atoms with van der Waals surface area (Å²) < 4.78 is 16.0. The maximum absolute atomic E-state index is 5.40. The molecule has 0 amide bonds. The Bertz CT molecular complexity index is 174. The van der Waals surface area contributed by atoms with E-state index in [0.717, 1.165) is 26.2 Å². The molecule has 0 bridgehead atoms. The molecular formula is C13H24O3. The quantitative estimate of drug-likeness (QED) is 0.449. The summed E-state index contributed by atoms with van der Waals surface area (Å²) in [6.45, 7) is 2.59. The molecule has 0 spiro atoms. The van der Waals surface area contributed by atoms with Crippen molar-refractivity contribution in [2.75, 3.05) is 19.8 Å². The summed E-state index contributed by atoms with van der Waals surface area (Å²) in [5, 5.41) is 0. The van der Waals surface area contributed by atoms with Gasteiger partial charge in [0.2, 0.25) is 0 Å². The Morgan fingerprint density at radius 2 is 1.25 bits per heavy atom. The van der Waals surface area contributed by atoms with Crippen molar-refractivity contribution in [2.45, 2.75) is 63.8 Å². The largest absolute Gasteiger partial charge is 0.373 e. The molecule has 2 rings (SSSR count). The summed E-state index contributed by atoms with van der Waals surface area (Å²) in [6, 6.07) is 0. The molecule has 2 aliphatic heterocycles. The van der Waals surface area contributed by atoms with Crippen LogP contribution < -0.4 is 0 Å². The number of hydrogen-bond donors (Lipinski definition) is 0. The highest BCUT2D eigenvalue weighted by atomic mass is 16.7. The lowest BCUT2D eigenvalue weighted by molar-refractivity contribution is -0.0480. The summed E-state index contributed by atoms with van der Waals surface area (Å²) >= 11 is 0. The number of rotatable bonds is 9. The maximum atomic E-state index is 5.40. The fourth-order valence-corrected chi connectivity index (χ4v) is 2.20. The minimum Gasteiger partial charge on any atom is -0.373 e. The third kappa shape index (κ3) is 5.28. The minimum absolute atomic E-state index is 0.104. The SMILES string of the molecule is C(CCCCC1OCCO1)CCCC1CO1. The Labute approximate surface area is 98.4 Å². The molecule has 0 saturated carbocycles. The van der Waals surface area contributed by atoms with Gasteiger partial charge in [-0.1, -0.05) is 32.1 Å². The van der Waals surface area contributed by atoms with Crippen LogP contribution in [0.4, 0.5) is 0 Å². The van der Waals surface area contributed by atoms with Crippen molar-refractivity contribution in [1.29, 1.82) is 0 Å². The molecule has 16 heavy (non-hydrogen) atoms. The van der Waals surface area contributed by atoms with E-state index in [-0.39, 0.29) is 6.29 Å². The Balaban J connectivity index is 1.29. The van der Waals surface area contributed by atoms with E-state index in [1.807, 2.05) is 0 Å². The molecular weight excluding hydrogens is 204 g/mol. The summed E-state index contributed by atoms with van der Waals surface area (Å²) in [6.07, 6.45) is 11.1. The van der Waals surface area contributed by atoms with Crippen molar-refractivity contribution < 1.29 is 14.2 Å². The standard InChI is InChI=1S/C13H24O3/c1(3-5-7-12-11-16-12)2-4-6-8-13-14-9-10-15-13/h12-13H,1-11H2. The van der Waals surface area contributed by atoms with Crippen molar-refractivity contribution in [3.05, 3.63) is 0 Å². The number of ether oxygens (including phenoxy) is 3. The molecule has 3 heteroatoms. The van der Waals surface area contributed by atoms with Crippen LogP contribution in [0.5, 0.6) is 0 Å². The number of epoxide rings is 1. The molecule has 2 heterocycles.